The summed E-state index contributed by atoms with van der Waals surface area (Å²) in [6, 6.07) is 14.3. The first-order chi connectivity index (χ1) is 16.7. The average Bonchev–Trinajstić information content (AvgIpc) is 2.83. The Bertz CT molecular complexity index is 1550. The standard InChI is InChI=1S/C25H10F4N4O2/c1-32-21(13-30)19-12-24(35-18-5-3-4-15(10-18)25(27,28)29)20(22(14-31)33-2)11-23(19)34-17-8-6-16(26)7-9-17/h3-12H/b21-19-,22-20+. The van der Waals surface area contributed by atoms with Crippen molar-refractivity contribution >= 4 is 11.4 Å². The summed E-state index contributed by atoms with van der Waals surface area (Å²) < 4.78 is 63.9. The lowest BCUT2D eigenvalue weighted by Gasteiger charge is -2.13. The molecule has 0 radical (unpaired) electrons. The molecule has 0 aromatic heterocycles. The van der Waals surface area contributed by atoms with E-state index in [-0.39, 0.29) is 33.4 Å². The zero-order valence-corrected chi connectivity index (χ0v) is 17.4. The van der Waals surface area contributed by atoms with Crippen molar-refractivity contribution in [2.45, 2.75) is 6.18 Å². The minimum atomic E-state index is -4.65. The molecule has 0 aliphatic heterocycles. The Balaban J connectivity index is 2.31. The van der Waals surface area contributed by atoms with Gasteiger partial charge in [-0.3, -0.25) is 0 Å². The Morgan fingerprint density at radius 3 is 1.74 bits per heavy atom. The molecule has 3 aromatic carbocycles. The Morgan fingerprint density at radius 2 is 1.29 bits per heavy atom. The van der Waals surface area contributed by atoms with Crippen LogP contribution in [0.1, 0.15) is 5.56 Å². The van der Waals surface area contributed by atoms with Crippen molar-refractivity contribution in [3.8, 4) is 35.1 Å². The number of hydrogen-bond donors (Lipinski definition) is 0. The summed E-state index contributed by atoms with van der Waals surface area (Å²) >= 11 is 0. The summed E-state index contributed by atoms with van der Waals surface area (Å²) in [6.45, 7) is 14.6. The van der Waals surface area contributed by atoms with E-state index in [1.165, 1.54) is 18.2 Å². The van der Waals surface area contributed by atoms with E-state index >= 15 is 0 Å². The molecule has 10 heteroatoms. The van der Waals surface area contributed by atoms with Crippen LogP contribution >= 0.6 is 0 Å². The highest BCUT2D eigenvalue weighted by atomic mass is 19.4. The third kappa shape index (κ3) is 5.54. The fraction of sp³-hybridized carbons (Fsp3) is 0.0400. The fourth-order valence-electron chi connectivity index (χ4n) is 2.88. The molecule has 0 fully saturated rings. The first-order valence-corrected chi connectivity index (χ1v) is 9.46. The SMILES string of the molecule is [C-]#[N+]/C(C#N)=c1/cc(Oc2cccc(C(F)(F)F)c2)/c(=C(\C#N)[N+]#[C-])cc1Oc1ccc(F)cc1. The lowest BCUT2D eigenvalue weighted by Crippen LogP contribution is -2.18. The van der Waals surface area contributed by atoms with Crippen molar-refractivity contribution in [2.24, 2.45) is 0 Å². The predicted molar refractivity (Wildman–Crippen MR) is 115 cm³/mol. The maximum Gasteiger partial charge on any atom is 0.416 e. The molecule has 0 atom stereocenters. The molecule has 0 aliphatic rings. The van der Waals surface area contributed by atoms with Crippen molar-refractivity contribution in [2.75, 3.05) is 0 Å². The van der Waals surface area contributed by atoms with Gasteiger partial charge in [0.05, 0.1) is 30.8 Å². The van der Waals surface area contributed by atoms with E-state index in [2.05, 4.69) is 9.69 Å². The summed E-state index contributed by atoms with van der Waals surface area (Å²) in [7, 11) is 0. The van der Waals surface area contributed by atoms with E-state index in [1.807, 2.05) is 0 Å². The molecule has 6 nitrogen and oxygen atoms in total. The Labute approximate surface area is 196 Å². The van der Waals surface area contributed by atoms with Crippen molar-refractivity contribution in [1.82, 2.24) is 0 Å². The lowest BCUT2D eigenvalue weighted by atomic mass is 10.1. The van der Waals surface area contributed by atoms with Crippen LogP contribution in [0.3, 0.4) is 0 Å². The number of nitriles is 2. The van der Waals surface area contributed by atoms with Gasteiger partial charge in [-0.1, -0.05) is 6.07 Å². The van der Waals surface area contributed by atoms with Crippen molar-refractivity contribution < 1.29 is 27.0 Å². The van der Waals surface area contributed by atoms with Gasteiger partial charge in [0.25, 0.3) is 11.4 Å². The molecule has 0 N–H and O–H groups in total. The van der Waals surface area contributed by atoms with Crippen LogP contribution in [0.5, 0.6) is 23.0 Å². The van der Waals surface area contributed by atoms with Crippen LogP contribution in [-0.2, 0) is 6.18 Å². The van der Waals surface area contributed by atoms with E-state index in [0.29, 0.717) is 0 Å². The molecular formula is C25H10F4N4O2. The number of halogens is 4. The van der Waals surface area contributed by atoms with Crippen LogP contribution in [0.2, 0.25) is 0 Å². The van der Waals surface area contributed by atoms with Gasteiger partial charge in [0.15, 0.2) is 0 Å². The zero-order valence-electron chi connectivity index (χ0n) is 17.4. The van der Waals surface area contributed by atoms with E-state index in [9.17, 15) is 28.1 Å². The van der Waals surface area contributed by atoms with Gasteiger partial charge in [-0.2, -0.15) is 13.2 Å². The molecule has 3 rings (SSSR count). The van der Waals surface area contributed by atoms with Gasteiger partial charge in [-0.25, -0.2) is 24.6 Å². The van der Waals surface area contributed by atoms with Crippen LogP contribution in [0.15, 0.2) is 60.7 Å². The van der Waals surface area contributed by atoms with Gasteiger partial charge in [0, 0.05) is 10.4 Å². The molecule has 170 valence electrons. The highest BCUT2D eigenvalue weighted by molar-refractivity contribution is 5.72. The van der Waals surface area contributed by atoms with E-state index in [4.69, 9.17) is 22.6 Å². The highest BCUT2D eigenvalue weighted by Crippen LogP contribution is 2.32. The lowest BCUT2D eigenvalue weighted by molar-refractivity contribution is -0.137. The van der Waals surface area contributed by atoms with Crippen LogP contribution in [0.4, 0.5) is 17.6 Å². The van der Waals surface area contributed by atoms with Crippen molar-refractivity contribution in [3.63, 3.8) is 0 Å². The smallest absolute Gasteiger partial charge is 0.416 e. The maximum absolute atomic E-state index is 13.3. The topological polar surface area (TPSA) is 74.8 Å². The van der Waals surface area contributed by atoms with Crippen LogP contribution in [0, 0.1) is 41.6 Å². The molecule has 35 heavy (non-hydrogen) atoms. The third-order valence-corrected chi connectivity index (χ3v) is 4.46. The summed E-state index contributed by atoms with van der Waals surface area (Å²) in [6.07, 6.45) is -4.65. The fourth-order valence-corrected chi connectivity index (χ4v) is 2.88. The zero-order chi connectivity index (χ0) is 25.6. The number of nitrogens with zero attached hydrogens (tertiary/aromatic N) is 4. The van der Waals surface area contributed by atoms with Crippen LogP contribution < -0.4 is 19.9 Å². The minimum absolute atomic E-state index is 0.111. The molecule has 0 spiro atoms. The number of hydrogen-bond acceptors (Lipinski definition) is 4. The summed E-state index contributed by atoms with van der Waals surface area (Å²) in [4.78, 5) is 6.25. The second kappa shape index (κ2) is 10.1. The predicted octanol–water partition coefficient (Wildman–Crippen LogP) is 5.53. The molecule has 0 aliphatic carbocycles. The summed E-state index contributed by atoms with van der Waals surface area (Å²) in [5.74, 6) is -1.07. The Morgan fingerprint density at radius 1 is 0.771 bits per heavy atom. The largest absolute Gasteiger partial charge is 0.458 e. The molecule has 0 saturated heterocycles. The summed E-state index contributed by atoms with van der Waals surface area (Å²) in [5.41, 5.74) is -1.93. The van der Waals surface area contributed by atoms with E-state index in [0.717, 1.165) is 42.5 Å². The monoisotopic (exact) mass is 474 g/mol. The molecule has 0 saturated carbocycles. The molecule has 0 bridgehead atoms. The molecule has 0 unspecified atom stereocenters. The van der Waals surface area contributed by atoms with Gasteiger partial charge >= 0.3 is 6.18 Å². The van der Waals surface area contributed by atoms with Gasteiger partial charge in [0.1, 0.15) is 28.8 Å². The normalized spacial score (nSPS) is 12.2. The Hall–Kier alpha value is -5.32. The van der Waals surface area contributed by atoms with Gasteiger partial charge < -0.3 is 9.47 Å². The molecule has 3 aromatic rings. The second-order valence-electron chi connectivity index (χ2n) is 6.67. The number of ether oxygens (including phenoxy) is 2. The van der Waals surface area contributed by atoms with E-state index < -0.39 is 29.0 Å². The minimum Gasteiger partial charge on any atom is -0.458 e. The third-order valence-electron chi connectivity index (χ3n) is 4.46. The number of rotatable bonds is 4. The number of benzene rings is 3. The molecular weight excluding hydrogens is 464 g/mol. The van der Waals surface area contributed by atoms with Crippen LogP contribution in [-0.4, -0.2) is 0 Å². The summed E-state index contributed by atoms with van der Waals surface area (Å²) in [5, 5.41) is 18.6. The number of alkyl halides is 3. The van der Waals surface area contributed by atoms with E-state index in [1.54, 1.807) is 12.1 Å². The first kappa shape index (κ1) is 24.3. The molecule has 0 heterocycles. The first-order valence-electron chi connectivity index (χ1n) is 9.46. The molecule has 0 amide bonds. The Kier molecular flexibility index (Phi) is 7.01. The van der Waals surface area contributed by atoms with Gasteiger partial charge in [-0.05, 0) is 54.6 Å². The maximum atomic E-state index is 13.3. The second-order valence-corrected chi connectivity index (χ2v) is 6.67. The van der Waals surface area contributed by atoms with Crippen molar-refractivity contribution in [1.29, 1.82) is 10.5 Å². The quantitative estimate of drug-likeness (QED) is 0.368. The highest BCUT2D eigenvalue weighted by Gasteiger charge is 2.30. The van der Waals surface area contributed by atoms with Crippen LogP contribution in [0.25, 0.3) is 21.1 Å². The van der Waals surface area contributed by atoms with Gasteiger partial charge in [-0.15, -0.1) is 0 Å². The van der Waals surface area contributed by atoms with Gasteiger partial charge in [0.2, 0.25) is 0 Å². The van der Waals surface area contributed by atoms with Crippen molar-refractivity contribution in [3.05, 3.63) is 105 Å². The average molecular weight is 474 g/mol.